The number of aliphatic carboxylic acids is 1. The van der Waals surface area contributed by atoms with Crippen LogP contribution >= 0.6 is 11.8 Å². The average Bonchev–Trinajstić information content (AvgIpc) is 3.20. The molecule has 2 aliphatic heterocycles. The summed E-state index contributed by atoms with van der Waals surface area (Å²) in [5.74, 6) is -1.50. The van der Waals surface area contributed by atoms with Gasteiger partial charge < -0.3 is 21.1 Å². The number of hydrogen-bond acceptors (Lipinski definition) is 6. The van der Waals surface area contributed by atoms with Crippen molar-refractivity contribution in [1.82, 2.24) is 15.1 Å². The van der Waals surface area contributed by atoms with Gasteiger partial charge in [0.15, 0.2) is 0 Å². The molecule has 8 nitrogen and oxygen atoms in total. The molecule has 0 bridgehead atoms. The second-order valence-electron chi connectivity index (χ2n) is 11.7. The molecule has 2 amide bonds. The van der Waals surface area contributed by atoms with Crippen LogP contribution in [0.3, 0.4) is 0 Å². The number of β-lactam (4-membered cyclic amide) rings is 1. The van der Waals surface area contributed by atoms with E-state index < -0.39 is 35.2 Å². The third kappa shape index (κ3) is 7.06. The van der Waals surface area contributed by atoms with Crippen LogP contribution in [-0.2, 0) is 27.2 Å². The molecular formula is C36H40N4O4S. The Balaban J connectivity index is 0.000000179. The minimum atomic E-state index is -1.13. The lowest BCUT2D eigenvalue weighted by Crippen LogP contribution is -2.71. The Morgan fingerprint density at radius 1 is 1.00 bits per heavy atom. The Kier molecular flexibility index (Phi) is 10.2. The number of carboxylic acids is 1. The summed E-state index contributed by atoms with van der Waals surface area (Å²) in [5, 5.41) is 11.5. The number of nitrogens with one attached hydrogen (secondary N) is 1. The number of aryl methyl sites for hydroxylation is 2. The van der Waals surface area contributed by atoms with E-state index in [4.69, 9.17) is 5.73 Å². The van der Waals surface area contributed by atoms with Crippen molar-refractivity contribution in [3.05, 3.63) is 124 Å². The number of fused-ring (bicyclic) bond motifs is 3. The van der Waals surface area contributed by atoms with Gasteiger partial charge in [-0.15, -0.1) is 11.8 Å². The van der Waals surface area contributed by atoms with Crippen molar-refractivity contribution in [3.63, 3.8) is 0 Å². The summed E-state index contributed by atoms with van der Waals surface area (Å²) in [6.45, 7) is 2.78. The molecule has 2 heterocycles. The van der Waals surface area contributed by atoms with Gasteiger partial charge in [0.25, 0.3) is 5.91 Å². The van der Waals surface area contributed by atoms with Crippen molar-refractivity contribution in [2.45, 2.75) is 43.6 Å². The summed E-state index contributed by atoms with van der Waals surface area (Å²) >= 11 is 1.43. The van der Waals surface area contributed by atoms with Crippen molar-refractivity contribution in [2.75, 3.05) is 26.4 Å². The number of carbonyl (C=O) groups is 3. The molecule has 1 fully saturated rings. The number of carbonyl (C=O) groups excluding carboxylic acids is 2. The number of carboxylic acid groups (broad SMARTS) is 1. The van der Waals surface area contributed by atoms with Crippen molar-refractivity contribution in [3.8, 4) is 0 Å². The van der Waals surface area contributed by atoms with Crippen molar-refractivity contribution in [2.24, 2.45) is 5.73 Å². The van der Waals surface area contributed by atoms with E-state index in [1.807, 2.05) is 6.07 Å². The summed E-state index contributed by atoms with van der Waals surface area (Å²) in [5.41, 5.74) is 14.4. The van der Waals surface area contributed by atoms with Gasteiger partial charge in [0, 0.05) is 12.3 Å². The average molecular weight is 625 g/mol. The minimum Gasteiger partial charge on any atom is -0.477 e. The second kappa shape index (κ2) is 14.3. The van der Waals surface area contributed by atoms with Gasteiger partial charge in [-0.1, -0.05) is 84.9 Å². The van der Waals surface area contributed by atoms with Crippen LogP contribution in [0.4, 0.5) is 0 Å². The van der Waals surface area contributed by atoms with E-state index in [1.165, 1.54) is 44.5 Å². The SMILES string of the molecule is CC1=C(C(=O)O)N2C(=O)[C@@H](NC(=O)[C@H](N)c3ccccc3)[C@H]2SC1.CN(C)CCC=C1c2ccccc2CCc2ccccc21. The van der Waals surface area contributed by atoms with Gasteiger partial charge in [-0.2, -0.15) is 0 Å². The van der Waals surface area contributed by atoms with Crippen LogP contribution in [-0.4, -0.2) is 70.5 Å². The first-order chi connectivity index (χ1) is 21.7. The zero-order valence-electron chi connectivity index (χ0n) is 25.9. The maximum Gasteiger partial charge on any atom is 0.352 e. The number of rotatable bonds is 7. The second-order valence-corrected chi connectivity index (χ2v) is 12.8. The van der Waals surface area contributed by atoms with Crippen LogP contribution in [0.2, 0.25) is 0 Å². The predicted octanol–water partition coefficient (Wildman–Crippen LogP) is 4.61. The molecule has 3 aliphatic rings. The zero-order valence-corrected chi connectivity index (χ0v) is 26.7. The molecule has 4 N–H and O–H groups in total. The Morgan fingerprint density at radius 3 is 2.16 bits per heavy atom. The standard InChI is InChI=1S/C20H23N.C16H17N3O4S/c1-21(2)15-7-12-20-18-10-5-3-8-16(18)13-14-17-9-4-6-11-19(17)20;1-8-7-24-15-11(14(21)19(15)12(8)16(22)23)18-13(20)10(17)9-5-3-2-4-6-9/h3-6,8-12H,7,13-15H2,1-2H3;2-6,10-11,15H,7,17H2,1H3,(H,18,20)(H,22,23)/t;10-,11-,15-/m.1/s1. The molecule has 234 valence electrons. The number of hydrogen-bond donors (Lipinski definition) is 3. The van der Waals surface area contributed by atoms with Gasteiger partial charge in [0.1, 0.15) is 23.2 Å². The Labute approximate surface area is 269 Å². The molecule has 1 saturated heterocycles. The van der Waals surface area contributed by atoms with Gasteiger partial charge in [-0.05, 0) is 79.2 Å². The number of thioether (sulfide) groups is 1. The van der Waals surface area contributed by atoms with E-state index in [0.717, 1.165) is 25.8 Å². The quantitative estimate of drug-likeness (QED) is 0.329. The summed E-state index contributed by atoms with van der Waals surface area (Å²) in [6.07, 6.45) is 5.78. The lowest BCUT2D eigenvalue weighted by molar-refractivity contribution is -0.150. The Morgan fingerprint density at radius 2 is 1.58 bits per heavy atom. The van der Waals surface area contributed by atoms with Crippen LogP contribution in [0.1, 0.15) is 47.2 Å². The van der Waals surface area contributed by atoms with Crippen LogP contribution in [0.15, 0.2) is 96.2 Å². The van der Waals surface area contributed by atoms with E-state index in [1.54, 1.807) is 31.2 Å². The van der Waals surface area contributed by atoms with Gasteiger partial charge >= 0.3 is 5.97 Å². The summed E-state index contributed by atoms with van der Waals surface area (Å²) in [6, 6.07) is 25.0. The molecule has 0 saturated carbocycles. The van der Waals surface area contributed by atoms with E-state index in [9.17, 15) is 19.5 Å². The highest BCUT2D eigenvalue weighted by atomic mass is 32.2. The van der Waals surface area contributed by atoms with Crippen molar-refractivity contribution < 1.29 is 19.5 Å². The molecule has 0 radical (unpaired) electrons. The first-order valence-corrected chi connectivity index (χ1v) is 16.2. The summed E-state index contributed by atoms with van der Waals surface area (Å²) < 4.78 is 0. The monoisotopic (exact) mass is 624 g/mol. The zero-order chi connectivity index (χ0) is 32.1. The molecule has 3 aromatic carbocycles. The normalized spacial score (nSPS) is 19.2. The van der Waals surface area contributed by atoms with Crippen molar-refractivity contribution >= 4 is 35.1 Å². The molecule has 3 aromatic rings. The molecule has 1 aliphatic carbocycles. The number of benzene rings is 3. The van der Waals surface area contributed by atoms with Gasteiger partial charge in [0.2, 0.25) is 5.91 Å². The minimum absolute atomic E-state index is 0.0154. The molecule has 0 aromatic heterocycles. The van der Waals surface area contributed by atoms with Gasteiger partial charge in [-0.25, -0.2) is 4.79 Å². The highest BCUT2D eigenvalue weighted by molar-refractivity contribution is 8.00. The predicted molar refractivity (Wildman–Crippen MR) is 179 cm³/mol. The van der Waals surface area contributed by atoms with Crippen LogP contribution in [0, 0.1) is 0 Å². The lowest BCUT2D eigenvalue weighted by atomic mass is 9.93. The number of amides is 2. The molecule has 45 heavy (non-hydrogen) atoms. The Bertz CT molecular complexity index is 1590. The first kappa shape index (κ1) is 32.2. The lowest BCUT2D eigenvalue weighted by Gasteiger charge is -2.49. The van der Waals surface area contributed by atoms with E-state index in [2.05, 4.69) is 78.9 Å². The number of nitrogens with two attached hydrogens (primary N) is 1. The maximum absolute atomic E-state index is 12.3. The molecule has 6 rings (SSSR count). The summed E-state index contributed by atoms with van der Waals surface area (Å²) in [4.78, 5) is 39.4. The van der Waals surface area contributed by atoms with Crippen LogP contribution in [0.25, 0.3) is 5.57 Å². The molecule has 0 spiro atoms. The fourth-order valence-corrected chi connectivity index (χ4v) is 7.23. The van der Waals surface area contributed by atoms with E-state index in [-0.39, 0.29) is 5.70 Å². The van der Waals surface area contributed by atoms with Crippen LogP contribution in [0.5, 0.6) is 0 Å². The van der Waals surface area contributed by atoms with E-state index in [0.29, 0.717) is 16.9 Å². The highest BCUT2D eigenvalue weighted by Crippen LogP contribution is 2.40. The van der Waals surface area contributed by atoms with E-state index >= 15 is 0 Å². The summed E-state index contributed by atoms with van der Waals surface area (Å²) in [7, 11) is 4.26. The fourth-order valence-electron chi connectivity index (χ4n) is 5.93. The molecular weight excluding hydrogens is 584 g/mol. The van der Waals surface area contributed by atoms with Crippen molar-refractivity contribution in [1.29, 1.82) is 0 Å². The smallest absolute Gasteiger partial charge is 0.352 e. The first-order valence-electron chi connectivity index (χ1n) is 15.2. The fraction of sp³-hybridized carbons (Fsp3) is 0.306. The number of nitrogens with zero attached hydrogens (tertiary/aromatic N) is 2. The van der Waals surface area contributed by atoms with Gasteiger partial charge in [-0.3, -0.25) is 14.5 Å². The van der Waals surface area contributed by atoms with Gasteiger partial charge in [0.05, 0.1) is 0 Å². The third-order valence-electron chi connectivity index (χ3n) is 8.30. The molecule has 9 heteroatoms. The Hall–Kier alpha value is -4.18. The largest absolute Gasteiger partial charge is 0.477 e. The molecule has 0 unspecified atom stereocenters. The maximum atomic E-state index is 12.3. The topological polar surface area (TPSA) is 116 Å². The van der Waals surface area contributed by atoms with Crippen LogP contribution < -0.4 is 11.1 Å². The highest BCUT2D eigenvalue weighted by Gasteiger charge is 2.53. The third-order valence-corrected chi connectivity index (χ3v) is 9.73. The molecule has 3 atom stereocenters.